The number of nitrogens with two attached hydrogens (primary N) is 1. The van der Waals surface area contributed by atoms with Crippen molar-refractivity contribution in [2.45, 2.75) is 45.3 Å². The number of allylic oxidation sites excluding steroid dienone is 1. The van der Waals surface area contributed by atoms with Gasteiger partial charge in [0.1, 0.15) is 5.60 Å². The first-order valence-corrected chi connectivity index (χ1v) is 7.03. The zero-order valence-corrected chi connectivity index (χ0v) is 12.6. The van der Waals surface area contributed by atoms with Crippen molar-refractivity contribution in [3.63, 3.8) is 0 Å². The second-order valence-electron chi connectivity index (χ2n) is 6.23. The predicted molar refractivity (Wildman–Crippen MR) is 83.9 cm³/mol. The highest BCUT2D eigenvalue weighted by Gasteiger charge is 2.18. The van der Waals surface area contributed by atoms with Crippen molar-refractivity contribution in [1.82, 2.24) is 0 Å². The molecule has 0 spiro atoms. The van der Waals surface area contributed by atoms with Gasteiger partial charge in [-0.2, -0.15) is 0 Å². The molecule has 0 radical (unpaired) electrons. The number of amides is 1. The molecule has 5 nitrogen and oxygen atoms in total. The summed E-state index contributed by atoms with van der Waals surface area (Å²) in [4.78, 5) is 11.7. The van der Waals surface area contributed by atoms with Gasteiger partial charge in [-0.25, -0.2) is 4.79 Å². The van der Waals surface area contributed by atoms with E-state index in [0.29, 0.717) is 11.4 Å². The first kappa shape index (κ1) is 15.4. The van der Waals surface area contributed by atoms with E-state index in [1.807, 2.05) is 12.1 Å². The van der Waals surface area contributed by atoms with Gasteiger partial charge in [0.05, 0.1) is 17.5 Å². The minimum absolute atomic E-state index is 0.374. The Morgan fingerprint density at radius 2 is 2.14 bits per heavy atom. The summed E-state index contributed by atoms with van der Waals surface area (Å²) in [7, 11) is 0. The summed E-state index contributed by atoms with van der Waals surface area (Å²) in [5, 5.41) is 12.2. The van der Waals surface area contributed by atoms with Crippen LogP contribution in [-0.4, -0.2) is 22.9 Å². The summed E-state index contributed by atoms with van der Waals surface area (Å²) in [5.74, 6) is 0. The van der Waals surface area contributed by atoms with Gasteiger partial charge in [-0.1, -0.05) is 12.1 Å². The van der Waals surface area contributed by atoms with Crippen LogP contribution in [0, 0.1) is 0 Å². The second-order valence-corrected chi connectivity index (χ2v) is 6.23. The van der Waals surface area contributed by atoms with Crippen molar-refractivity contribution in [2.75, 3.05) is 11.1 Å². The number of ether oxygens (including phenoxy) is 1. The molecule has 4 N–H and O–H groups in total. The molecule has 2 rings (SSSR count). The van der Waals surface area contributed by atoms with Gasteiger partial charge in [-0.05, 0) is 56.9 Å². The number of rotatable bonds is 2. The van der Waals surface area contributed by atoms with Crippen LogP contribution in [-0.2, 0) is 4.74 Å². The van der Waals surface area contributed by atoms with Crippen molar-refractivity contribution in [3.8, 4) is 0 Å². The standard InChI is InChI=1S/C16H22N2O3/c1-16(2,3)21-15(20)18-14-7-5-11(9-13(14)17)10-4-6-12(19)8-10/h5,7-9,12,19H,4,6,17H2,1-3H3,(H,18,20). The third kappa shape index (κ3) is 4.23. The molecule has 0 bridgehead atoms. The van der Waals surface area contributed by atoms with Crippen LogP contribution < -0.4 is 11.1 Å². The lowest BCUT2D eigenvalue weighted by Crippen LogP contribution is -2.27. The average molecular weight is 290 g/mol. The number of nitrogens with one attached hydrogen (secondary N) is 1. The van der Waals surface area contributed by atoms with Crippen molar-refractivity contribution in [3.05, 3.63) is 29.8 Å². The first-order chi connectivity index (χ1) is 9.74. The van der Waals surface area contributed by atoms with Gasteiger partial charge < -0.3 is 15.6 Å². The molecule has 0 aromatic heterocycles. The predicted octanol–water partition coefficient (Wildman–Crippen LogP) is 3.15. The lowest BCUT2D eigenvalue weighted by Gasteiger charge is -2.20. The van der Waals surface area contributed by atoms with Gasteiger partial charge >= 0.3 is 6.09 Å². The van der Waals surface area contributed by atoms with Gasteiger partial charge in [-0.15, -0.1) is 0 Å². The summed E-state index contributed by atoms with van der Waals surface area (Å²) in [6.45, 7) is 5.41. The van der Waals surface area contributed by atoms with Crippen LogP contribution in [0.3, 0.4) is 0 Å². The highest BCUT2D eigenvalue weighted by molar-refractivity contribution is 5.90. The number of carbonyl (C=O) groups excluding carboxylic acids is 1. The Hall–Kier alpha value is -2.01. The molecule has 0 aliphatic heterocycles. The highest BCUT2D eigenvalue weighted by Crippen LogP contribution is 2.31. The summed E-state index contributed by atoms with van der Waals surface area (Å²) in [5.41, 5.74) is 8.47. The third-order valence-corrected chi connectivity index (χ3v) is 3.16. The normalized spacial score (nSPS) is 18.3. The SMILES string of the molecule is CC(C)(C)OC(=O)Nc1ccc(C2=CC(O)CC2)cc1N. The van der Waals surface area contributed by atoms with Gasteiger partial charge in [0.2, 0.25) is 0 Å². The van der Waals surface area contributed by atoms with E-state index in [4.69, 9.17) is 10.5 Å². The number of hydrogen-bond acceptors (Lipinski definition) is 4. The number of benzene rings is 1. The molecule has 5 heteroatoms. The molecule has 1 aliphatic carbocycles. The maximum absolute atomic E-state index is 11.7. The fourth-order valence-electron chi connectivity index (χ4n) is 2.23. The lowest BCUT2D eigenvalue weighted by atomic mass is 10.0. The van der Waals surface area contributed by atoms with Crippen LogP contribution in [0.1, 0.15) is 39.2 Å². The third-order valence-electron chi connectivity index (χ3n) is 3.16. The Kier molecular flexibility index (Phi) is 4.23. The summed E-state index contributed by atoms with van der Waals surface area (Å²) < 4.78 is 5.19. The fraction of sp³-hybridized carbons (Fsp3) is 0.438. The monoisotopic (exact) mass is 290 g/mol. The molecule has 1 atom stereocenters. The molecule has 1 aromatic rings. The van der Waals surface area contributed by atoms with Crippen LogP contribution in [0.4, 0.5) is 16.2 Å². The maximum atomic E-state index is 11.7. The molecule has 0 saturated carbocycles. The minimum atomic E-state index is -0.552. The Morgan fingerprint density at radius 1 is 1.43 bits per heavy atom. The number of aliphatic hydroxyl groups is 1. The van der Waals surface area contributed by atoms with Crippen molar-refractivity contribution in [2.24, 2.45) is 0 Å². The van der Waals surface area contributed by atoms with Gasteiger partial charge in [0, 0.05) is 0 Å². The van der Waals surface area contributed by atoms with E-state index in [1.54, 1.807) is 32.9 Å². The largest absolute Gasteiger partial charge is 0.444 e. The number of nitrogen functional groups attached to an aromatic ring is 1. The molecule has 114 valence electrons. The topological polar surface area (TPSA) is 84.6 Å². The maximum Gasteiger partial charge on any atom is 0.412 e. The second kappa shape index (κ2) is 5.77. The highest BCUT2D eigenvalue weighted by atomic mass is 16.6. The zero-order valence-electron chi connectivity index (χ0n) is 12.6. The van der Waals surface area contributed by atoms with Crippen LogP contribution >= 0.6 is 0 Å². The number of aliphatic hydroxyl groups excluding tert-OH is 1. The Labute approximate surface area is 124 Å². The summed E-state index contributed by atoms with van der Waals surface area (Å²) >= 11 is 0. The number of carbonyl (C=O) groups is 1. The Bertz CT molecular complexity index is 573. The van der Waals surface area contributed by atoms with E-state index < -0.39 is 11.7 Å². The van der Waals surface area contributed by atoms with Gasteiger partial charge in [-0.3, -0.25) is 5.32 Å². The van der Waals surface area contributed by atoms with E-state index in [9.17, 15) is 9.90 Å². The molecule has 0 heterocycles. The van der Waals surface area contributed by atoms with Crippen molar-refractivity contribution < 1.29 is 14.6 Å². The van der Waals surface area contributed by atoms with E-state index in [1.165, 1.54) is 0 Å². The minimum Gasteiger partial charge on any atom is -0.444 e. The lowest BCUT2D eigenvalue weighted by molar-refractivity contribution is 0.0636. The molecule has 1 unspecified atom stereocenters. The van der Waals surface area contributed by atoms with Crippen LogP contribution in [0.25, 0.3) is 5.57 Å². The Balaban J connectivity index is 2.09. The molecule has 21 heavy (non-hydrogen) atoms. The first-order valence-electron chi connectivity index (χ1n) is 7.03. The summed E-state index contributed by atoms with van der Waals surface area (Å²) in [6, 6.07) is 5.43. The average Bonchev–Trinajstić information content (AvgIpc) is 2.76. The van der Waals surface area contributed by atoms with E-state index >= 15 is 0 Å². The van der Waals surface area contributed by atoms with Crippen LogP contribution in [0.2, 0.25) is 0 Å². The summed E-state index contributed by atoms with van der Waals surface area (Å²) in [6.07, 6.45) is 2.51. The molecular weight excluding hydrogens is 268 g/mol. The van der Waals surface area contributed by atoms with Gasteiger partial charge in [0.15, 0.2) is 0 Å². The van der Waals surface area contributed by atoms with Crippen LogP contribution in [0.15, 0.2) is 24.3 Å². The van der Waals surface area contributed by atoms with Crippen molar-refractivity contribution in [1.29, 1.82) is 0 Å². The smallest absolute Gasteiger partial charge is 0.412 e. The number of anilines is 2. The quantitative estimate of drug-likeness (QED) is 0.730. The van der Waals surface area contributed by atoms with Gasteiger partial charge in [0.25, 0.3) is 0 Å². The molecule has 0 fully saturated rings. The fourth-order valence-corrected chi connectivity index (χ4v) is 2.23. The molecule has 0 saturated heterocycles. The molecule has 1 amide bonds. The van der Waals surface area contributed by atoms with Crippen molar-refractivity contribution >= 4 is 23.0 Å². The molecular formula is C16H22N2O3. The van der Waals surface area contributed by atoms with Crippen LogP contribution in [0.5, 0.6) is 0 Å². The molecule has 1 aromatic carbocycles. The van der Waals surface area contributed by atoms with E-state index in [0.717, 1.165) is 24.0 Å². The van der Waals surface area contributed by atoms with E-state index in [-0.39, 0.29) is 6.10 Å². The number of hydrogen-bond donors (Lipinski definition) is 3. The molecule has 1 aliphatic rings. The van der Waals surface area contributed by atoms with E-state index in [2.05, 4.69) is 5.32 Å². The zero-order chi connectivity index (χ0) is 15.6. The Morgan fingerprint density at radius 3 is 2.67 bits per heavy atom.